The zero-order valence-corrected chi connectivity index (χ0v) is 10.6. The number of nitrogens with zero attached hydrogens (tertiary/aromatic N) is 1. The molecule has 0 fully saturated rings. The predicted molar refractivity (Wildman–Crippen MR) is 73.2 cm³/mol. The van der Waals surface area contributed by atoms with Crippen LogP contribution in [0.2, 0.25) is 0 Å². The summed E-state index contributed by atoms with van der Waals surface area (Å²) in [5, 5.41) is 12.3. The van der Waals surface area contributed by atoms with E-state index in [4.69, 9.17) is 5.11 Å². The minimum atomic E-state index is -0.902. The number of aromatic carboxylic acids is 1. The summed E-state index contributed by atoms with van der Waals surface area (Å²) in [6.45, 7) is 0. The van der Waals surface area contributed by atoms with E-state index in [0.717, 1.165) is 11.3 Å². The number of carboxylic acids is 1. The van der Waals surface area contributed by atoms with E-state index in [0.29, 0.717) is 5.69 Å². The second-order valence-electron chi connectivity index (χ2n) is 4.14. The fourth-order valence-electron chi connectivity index (χ4n) is 2.14. The number of rotatable bonds is 2. The third kappa shape index (κ3) is 1.62. The standard InChI is InChI=1S/C14H11NO2S/c1-15-11(3-4-12(15)14(16)17)9-2-5-13-10(8-9)6-7-18-13/h2-8H,1H3,(H,16,17). The van der Waals surface area contributed by atoms with Gasteiger partial charge in [0, 0.05) is 17.4 Å². The molecule has 0 amide bonds. The minimum Gasteiger partial charge on any atom is -0.477 e. The summed E-state index contributed by atoms with van der Waals surface area (Å²) < 4.78 is 2.95. The van der Waals surface area contributed by atoms with Crippen molar-refractivity contribution in [2.45, 2.75) is 0 Å². The smallest absolute Gasteiger partial charge is 0.352 e. The topological polar surface area (TPSA) is 42.2 Å². The molecule has 4 heteroatoms. The first-order chi connectivity index (χ1) is 8.66. The van der Waals surface area contributed by atoms with Crippen molar-refractivity contribution >= 4 is 27.4 Å². The van der Waals surface area contributed by atoms with Crippen molar-refractivity contribution in [3.63, 3.8) is 0 Å². The van der Waals surface area contributed by atoms with Gasteiger partial charge >= 0.3 is 5.97 Å². The largest absolute Gasteiger partial charge is 0.477 e. The van der Waals surface area contributed by atoms with Crippen LogP contribution in [0.25, 0.3) is 21.3 Å². The van der Waals surface area contributed by atoms with Gasteiger partial charge in [0.05, 0.1) is 0 Å². The number of benzene rings is 1. The first-order valence-electron chi connectivity index (χ1n) is 5.53. The molecule has 0 aliphatic rings. The van der Waals surface area contributed by atoms with Gasteiger partial charge in [-0.2, -0.15) is 0 Å². The summed E-state index contributed by atoms with van der Waals surface area (Å²) in [7, 11) is 1.77. The molecule has 3 aromatic rings. The van der Waals surface area contributed by atoms with Crippen LogP contribution in [-0.2, 0) is 7.05 Å². The van der Waals surface area contributed by atoms with E-state index in [1.807, 2.05) is 12.1 Å². The van der Waals surface area contributed by atoms with Crippen molar-refractivity contribution in [3.8, 4) is 11.3 Å². The molecule has 0 spiro atoms. The lowest BCUT2D eigenvalue weighted by molar-refractivity contribution is 0.0687. The average molecular weight is 257 g/mol. The maximum atomic E-state index is 11.0. The Bertz CT molecular complexity index is 739. The highest BCUT2D eigenvalue weighted by atomic mass is 32.1. The summed E-state index contributed by atoms with van der Waals surface area (Å²) >= 11 is 1.70. The molecule has 0 aliphatic heterocycles. The molecule has 1 N–H and O–H groups in total. The van der Waals surface area contributed by atoms with E-state index >= 15 is 0 Å². The van der Waals surface area contributed by atoms with Gasteiger partial charge < -0.3 is 9.67 Å². The second-order valence-corrected chi connectivity index (χ2v) is 5.09. The maximum Gasteiger partial charge on any atom is 0.352 e. The molecule has 0 saturated carbocycles. The van der Waals surface area contributed by atoms with Gasteiger partial charge in [0.25, 0.3) is 0 Å². The van der Waals surface area contributed by atoms with Crippen LogP contribution >= 0.6 is 11.3 Å². The fraction of sp³-hybridized carbons (Fsp3) is 0.0714. The van der Waals surface area contributed by atoms with Crippen LogP contribution in [-0.4, -0.2) is 15.6 Å². The lowest BCUT2D eigenvalue weighted by Crippen LogP contribution is -2.04. The number of aromatic nitrogens is 1. The van der Waals surface area contributed by atoms with E-state index in [2.05, 4.69) is 23.6 Å². The van der Waals surface area contributed by atoms with Crippen LogP contribution in [0.3, 0.4) is 0 Å². The lowest BCUT2D eigenvalue weighted by atomic mass is 10.1. The van der Waals surface area contributed by atoms with Crippen LogP contribution in [0.1, 0.15) is 10.5 Å². The molecule has 2 aromatic heterocycles. The van der Waals surface area contributed by atoms with Crippen LogP contribution in [0.15, 0.2) is 41.8 Å². The Balaban J connectivity index is 2.16. The third-order valence-electron chi connectivity index (χ3n) is 3.09. The molecular weight excluding hydrogens is 246 g/mol. The van der Waals surface area contributed by atoms with Crippen molar-refractivity contribution in [2.75, 3.05) is 0 Å². The Hall–Kier alpha value is -2.07. The summed E-state index contributed by atoms with van der Waals surface area (Å²) in [5.74, 6) is -0.902. The molecule has 0 radical (unpaired) electrons. The van der Waals surface area contributed by atoms with Crippen molar-refractivity contribution < 1.29 is 9.90 Å². The van der Waals surface area contributed by atoms with Gasteiger partial charge in [-0.25, -0.2) is 4.79 Å². The van der Waals surface area contributed by atoms with Crippen molar-refractivity contribution in [3.05, 3.63) is 47.5 Å². The highest BCUT2D eigenvalue weighted by molar-refractivity contribution is 7.17. The zero-order chi connectivity index (χ0) is 12.7. The quantitative estimate of drug-likeness (QED) is 0.762. The van der Waals surface area contributed by atoms with Crippen molar-refractivity contribution in [2.24, 2.45) is 7.05 Å². The molecule has 18 heavy (non-hydrogen) atoms. The van der Waals surface area contributed by atoms with Crippen LogP contribution in [0, 0.1) is 0 Å². The lowest BCUT2D eigenvalue weighted by Gasteiger charge is -2.05. The maximum absolute atomic E-state index is 11.0. The molecule has 3 nitrogen and oxygen atoms in total. The summed E-state index contributed by atoms with van der Waals surface area (Å²) in [4.78, 5) is 11.0. The van der Waals surface area contributed by atoms with Crippen LogP contribution in [0.4, 0.5) is 0 Å². The molecule has 2 heterocycles. The van der Waals surface area contributed by atoms with E-state index in [1.54, 1.807) is 29.0 Å². The zero-order valence-electron chi connectivity index (χ0n) is 9.75. The van der Waals surface area contributed by atoms with E-state index in [-0.39, 0.29) is 0 Å². The second kappa shape index (κ2) is 3.99. The van der Waals surface area contributed by atoms with Crippen LogP contribution < -0.4 is 0 Å². The number of hydrogen-bond donors (Lipinski definition) is 1. The minimum absolute atomic E-state index is 0.301. The molecule has 0 aliphatic carbocycles. The Kier molecular flexibility index (Phi) is 2.45. The SMILES string of the molecule is Cn1c(C(=O)O)ccc1-c1ccc2sccc2c1. The number of thiophene rings is 1. The van der Waals surface area contributed by atoms with Gasteiger partial charge in [0.1, 0.15) is 5.69 Å². The normalized spacial score (nSPS) is 10.9. The number of hydrogen-bond acceptors (Lipinski definition) is 2. The third-order valence-corrected chi connectivity index (χ3v) is 3.99. The van der Waals surface area contributed by atoms with Crippen molar-refractivity contribution in [1.29, 1.82) is 0 Å². The molecule has 0 saturated heterocycles. The van der Waals surface area contributed by atoms with Crippen molar-refractivity contribution in [1.82, 2.24) is 4.57 Å². The highest BCUT2D eigenvalue weighted by Gasteiger charge is 2.12. The Morgan fingerprint density at radius 3 is 2.78 bits per heavy atom. The molecular formula is C14H11NO2S. The highest BCUT2D eigenvalue weighted by Crippen LogP contribution is 2.28. The number of carbonyl (C=O) groups is 1. The van der Waals surface area contributed by atoms with Gasteiger partial charge in [-0.3, -0.25) is 0 Å². The van der Waals surface area contributed by atoms with E-state index in [9.17, 15) is 4.79 Å². The van der Waals surface area contributed by atoms with Crippen LogP contribution in [0.5, 0.6) is 0 Å². The number of fused-ring (bicyclic) bond motifs is 1. The summed E-state index contributed by atoms with van der Waals surface area (Å²) in [5.41, 5.74) is 2.26. The average Bonchev–Trinajstić information content (AvgIpc) is 2.93. The molecule has 0 unspecified atom stereocenters. The number of carboxylic acid groups (broad SMARTS) is 1. The summed E-state index contributed by atoms with van der Waals surface area (Å²) in [6, 6.07) is 11.7. The van der Waals surface area contributed by atoms with Gasteiger partial charge in [0.15, 0.2) is 0 Å². The monoisotopic (exact) mass is 257 g/mol. The first kappa shape index (κ1) is 11.0. The first-order valence-corrected chi connectivity index (χ1v) is 6.41. The van der Waals surface area contributed by atoms with E-state index < -0.39 is 5.97 Å². The Morgan fingerprint density at radius 2 is 2.06 bits per heavy atom. The Labute approximate surface area is 108 Å². The molecule has 1 aromatic carbocycles. The molecule has 3 rings (SSSR count). The van der Waals surface area contributed by atoms with Gasteiger partial charge in [0.2, 0.25) is 0 Å². The predicted octanol–water partition coefficient (Wildman–Crippen LogP) is 3.61. The molecule has 0 atom stereocenters. The van der Waals surface area contributed by atoms with E-state index in [1.165, 1.54) is 10.1 Å². The summed E-state index contributed by atoms with van der Waals surface area (Å²) in [6.07, 6.45) is 0. The molecule has 90 valence electrons. The fourth-order valence-corrected chi connectivity index (χ4v) is 2.91. The van der Waals surface area contributed by atoms with Gasteiger partial charge in [-0.05, 0) is 46.7 Å². The Morgan fingerprint density at radius 1 is 1.22 bits per heavy atom. The molecule has 0 bridgehead atoms. The van der Waals surface area contributed by atoms with Gasteiger partial charge in [-0.1, -0.05) is 6.07 Å². The van der Waals surface area contributed by atoms with Gasteiger partial charge in [-0.15, -0.1) is 11.3 Å².